The van der Waals surface area contributed by atoms with Crippen LogP contribution in [0.2, 0.25) is 0 Å². The maximum absolute atomic E-state index is 12.5. The molecule has 1 aliphatic heterocycles. The van der Waals surface area contributed by atoms with E-state index < -0.39 is 10.0 Å². The molecule has 2 saturated carbocycles. The molecule has 2 aliphatic carbocycles. The molecule has 1 saturated heterocycles. The summed E-state index contributed by atoms with van der Waals surface area (Å²) in [6.45, 7) is 1.61. The van der Waals surface area contributed by atoms with Crippen LogP contribution in [0.25, 0.3) is 0 Å². The average molecular weight is 329 g/mol. The number of piperidine rings is 1. The molecule has 0 unspecified atom stereocenters. The zero-order valence-corrected chi connectivity index (χ0v) is 13.9. The summed E-state index contributed by atoms with van der Waals surface area (Å²) in [6, 6.07) is 0.486. The number of carbonyl (C=O) groups excluding carboxylic acids is 1. The van der Waals surface area contributed by atoms with Gasteiger partial charge in [0.1, 0.15) is 0 Å². The van der Waals surface area contributed by atoms with Gasteiger partial charge in [-0.05, 0) is 45.1 Å². The molecule has 0 aromatic heterocycles. The molecule has 1 heterocycles. The van der Waals surface area contributed by atoms with E-state index in [1.807, 2.05) is 4.90 Å². The van der Waals surface area contributed by atoms with E-state index in [9.17, 15) is 13.2 Å². The molecule has 1 atom stereocenters. The first-order valence-corrected chi connectivity index (χ1v) is 10.1. The van der Waals surface area contributed by atoms with Crippen LogP contribution in [-0.4, -0.2) is 56.2 Å². The van der Waals surface area contributed by atoms with Gasteiger partial charge in [-0.3, -0.25) is 9.69 Å². The third kappa shape index (κ3) is 4.43. The quantitative estimate of drug-likeness (QED) is 0.748. The van der Waals surface area contributed by atoms with E-state index in [2.05, 4.69) is 10.0 Å². The summed E-state index contributed by atoms with van der Waals surface area (Å²) in [5.74, 6) is 0.0318. The first-order valence-electron chi connectivity index (χ1n) is 8.56. The fourth-order valence-corrected chi connectivity index (χ4v) is 5.26. The molecule has 1 amide bonds. The van der Waals surface area contributed by atoms with Gasteiger partial charge >= 0.3 is 0 Å². The lowest BCUT2D eigenvalue weighted by Crippen LogP contribution is -2.50. The maximum atomic E-state index is 12.5. The predicted octanol–water partition coefficient (Wildman–Crippen LogP) is 0.591. The van der Waals surface area contributed by atoms with Gasteiger partial charge in [0.25, 0.3) is 0 Å². The Morgan fingerprint density at radius 3 is 2.41 bits per heavy atom. The van der Waals surface area contributed by atoms with Crippen molar-refractivity contribution in [1.82, 2.24) is 14.9 Å². The minimum Gasteiger partial charge on any atom is -0.352 e. The van der Waals surface area contributed by atoms with E-state index in [0.29, 0.717) is 25.6 Å². The Morgan fingerprint density at radius 2 is 1.73 bits per heavy atom. The van der Waals surface area contributed by atoms with Gasteiger partial charge in [-0.15, -0.1) is 0 Å². The predicted molar refractivity (Wildman–Crippen MR) is 84.9 cm³/mol. The van der Waals surface area contributed by atoms with Crippen LogP contribution in [0, 0.1) is 0 Å². The summed E-state index contributed by atoms with van der Waals surface area (Å²) in [5, 5.41) is 2.59. The Bertz CT molecular complexity index is 498. The maximum Gasteiger partial charge on any atom is 0.234 e. The average Bonchev–Trinajstić information content (AvgIpc) is 3.12. The molecule has 0 bridgehead atoms. The Hall–Kier alpha value is -0.660. The third-order valence-electron chi connectivity index (χ3n) is 4.90. The fourth-order valence-electron chi connectivity index (χ4n) is 3.49. The molecule has 126 valence electrons. The van der Waals surface area contributed by atoms with E-state index in [4.69, 9.17) is 0 Å². The number of nitrogens with one attached hydrogen (secondary N) is 2. The van der Waals surface area contributed by atoms with Crippen molar-refractivity contribution in [1.29, 1.82) is 0 Å². The fraction of sp³-hybridized carbons (Fsp3) is 0.933. The van der Waals surface area contributed by atoms with Crippen molar-refractivity contribution in [2.24, 2.45) is 0 Å². The van der Waals surface area contributed by atoms with Crippen molar-refractivity contribution < 1.29 is 13.2 Å². The summed E-state index contributed by atoms with van der Waals surface area (Å²) in [7, 11) is -3.27. The molecule has 7 heteroatoms. The van der Waals surface area contributed by atoms with Crippen molar-refractivity contribution in [2.75, 3.05) is 19.6 Å². The molecule has 0 aromatic carbocycles. The van der Waals surface area contributed by atoms with Crippen LogP contribution in [0.1, 0.15) is 51.4 Å². The highest BCUT2D eigenvalue weighted by Crippen LogP contribution is 2.22. The number of amides is 1. The number of nitrogens with zero attached hydrogens (tertiary/aromatic N) is 1. The van der Waals surface area contributed by atoms with Gasteiger partial charge in [-0.1, -0.05) is 12.8 Å². The number of likely N-dealkylation sites (tertiary alicyclic amines) is 1. The number of carbonyl (C=O) groups is 1. The molecule has 2 N–H and O–H groups in total. The minimum absolute atomic E-state index is 0.0318. The largest absolute Gasteiger partial charge is 0.352 e. The molecule has 3 aliphatic rings. The molecular weight excluding hydrogens is 302 g/mol. The SMILES string of the molecule is O=C(CN1CCC[C@H](S(=O)(=O)NC2CCCC2)C1)NC1CC1. The number of hydrogen-bond acceptors (Lipinski definition) is 4. The van der Waals surface area contributed by atoms with Gasteiger partial charge in [0, 0.05) is 18.6 Å². The van der Waals surface area contributed by atoms with Gasteiger partial charge in [-0.2, -0.15) is 0 Å². The van der Waals surface area contributed by atoms with E-state index in [0.717, 1.165) is 51.5 Å². The zero-order valence-electron chi connectivity index (χ0n) is 13.1. The lowest BCUT2D eigenvalue weighted by atomic mass is 10.1. The van der Waals surface area contributed by atoms with Crippen LogP contribution in [0.4, 0.5) is 0 Å². The molecule has 6 nitrogen and oxygen atoms in total. The van der Waals surface area contributed by atoms with Crippen molar-refractivity contribution in [3.63, 3.8) is 0 Å². The zero-order chi connectivity index (χ0) is 15.6. The van der Waals surface area contributed by atoms with Crippen molar-refractivity contribution in [3.05, 3.63) is 0 Å². The molecule has 3 rings (SSSR count). The molecule has 22 heavy (non-hydrogen) atoms. The Kier molecular flexibility index (Phi) is 5.04. The summed E-state index contributed by atoms with van der Waals surface area (Å²) < 4.78 is 27.9. The van der Waals surface area contributed by atoms with Gasteiger partial charge in [0.2, 0.25) is 15.9 Å². The topological polar surface area (TPSA) is 78.5 Å². The third-order valence-corrected chi connectivity index (χ3v) is 6.82. The molecule has 3 fully saturated rings. The van der Waals surface area contributed by atoms with Crippen LogP contribution in [0.3, 0.4) is 0 Å². The highest BCUT2D eigenvalue weighted by molar-refractivity contribution is 7.90. The lowest BCUT2D eigenvalue weighted by Gasteiger charge is -2.32. The number of sulfonamides is 1. The van der Waals surface area contributed by atoms with Crippen molar-refractivity contribution in [2.45, 2.75) is 68.7 Å². The molecule has 0 aromatic rings. The van der Waals surface area contributed by atoms with E-state index in [-0.39, 0.29) is 17.2 Å². The van der Waals surface area contributed by atoms with Crippen molar-refractivity contribution in [3.8, 4) is 0 Å². The first kappa shape index (κ1) is 16.2. The summed E-state index contributed by atoms with van der Waals surface area (Å²) in [4.78, 5) is 13.9. The Balaban J connectivity index is 1.51. The van der Waals surface area contributed by atoms with Crippen molar-refractivity contribution >= 4 is 15.9 Å². The van der Waals surface area contributed by atoms with Crippen LogP contribution in [-0.2, 0) is 14.8 Å². The van der Waals surface area contributed by atoms with E-state index in [1.165, 1.54) is 0 Å². The summed E-state index contributed by atoms with van der Waals surface area (Å²) in [6.07, 6.45) is 7.84. The summed E-state index contributed by atoms with van der Waals surface area (Å²) >= 11 is 0. The van der Waals surface area contributed by atoms with Crippen LogP contribution in [0.15, 0.2) is 0 Å². The second-order valence-electron chi connectivity index (χ2n) is 6.99. The van der Waals surface area contributed by atoms with Crippen LogP contribution >= 0.6 is 0 Å². The smallest absolute Gasteiger partial charge is 0.234 e. The molecular formula is C15H27N3O3S. The Morgan fingerprint density at radius 1 is 1.00 bits per heavy atom. The normalized spacial score (nSPS) is 27.9. The van der Waals surface area contributed by atoms with Crippen LogP contribution < -0.4 is 10.0 Å². The second kappa shape index (κ2) is 6.84. The lowest BCUT2D eigenvalue weighted by molar-refractivity contribution is -0.122. The van der Waals surface area contributed by atoms with Gasteiger partial charge in [0.05, 0.1) is 11.8 Å². The van der Waals surface area contributed by atoms with E-state index in [1.54, 1.807) is 0 Å². The monoisotopic (exact) mass is 329 g/mol. The highest BCUT2D eigenvalue weighted by Gasteiger charge is 2.34. The van der Waals surface area contributed by atoms with E-state index >= 15 is 0 Å². The van der Waals surface area contributed by atoms with Gasteiger partial charge < -0.3 is 5.32 Å². The number of rotatable bonds is 6. The summed E-state index contributed by atoms with van der Waals surface area (Å²) in [5.41, 5.74) is 0. The number of hydrogen-bond donors (Lipinski definition) is 2. The second-order valence-corrected chi connectivity index (χ2v) is 8.98. The standard InChI is InChI=1S/C15H27N3O3S/c19-15(16-12-7-8-12)11-18-9-3-6-14(10-18)22(20,21)17-13-4-1-2-5-13/h12-14,17H,1-11H2,(H,16,19)/t14-/m0/s1. The van der Waals surface area contributed by atoms with Gasteiger partial charge in [-0.25, -0.2) is 13.1 Å². The molecule has 0 radical (unpaired) electrons. The van der Waals surface area contributed by atoms with Gasteiger partial charge in [0.15, 0.2) is 0 Å². The molecule has 0 spiro atoms. The minimum atomic E-state index is -3.27. The first-order chi connectivity index (χ1) is 10.5. The highest BCUT2D eigenvalue weighted by atomic mass is 32.2. The Labute approximate surface area is 133 Å². The van der Waals surface area contributed by atoms with Crippen LogP contribution in [0.5, 0.6) is 0 Å².